The van der Waals surface area contributed by atoms with Crippen molar-refractivity contribution in [3.05, 3.63) is 94.0 Å². The normalized spacial score (nSPS) is 14.2. The van der Waals surface area contributed by atoms with Crippen LogP contribution in [0.3, 0.4) is 0 Å². The standard InChI is InChI=1S/C36H50N6O5S2/c1-25(2)33(41-35(45)42(5)22-29(38-4)24-48-6)34(44)39-28(18-26-14-10-8-11-15-26)20-32(43)31(19-27-16-12-9-13-17-27)40-36(46)47-23-30(49-7)21-37-3/h8-17,21,24-25,28,31-33,43H,3-4,18-20,22-23H2,1-2,5-7H3,(H,39,44)(H,40,46)(H,41,45)/b29-24-,30-21-/t28-,31-,32-,33-/m0/s1. The van der Waals surface area contributed by atoms with Crippen molar-refractivity contribution in [2.45, 2.75) is 57.3 Å². The van der Waals surface area contributed by atoms with Crippen molar-refractivity contribution < 1.29 is 24.2 Å². The molecule has 0 spiro atoms. The van der Waals surface area contributed by atoms with Gasteiger partial charge in [-0.1, -0.05) is 74.5 Å². The lowest BCUT2D eigenvalue weighted by molar-refractivity contribution is -0.124. The van der Waals surface area contributed by atoms with E-state index in [1.54, 1.807) is 7.05 Å². The van der Waals surface area contributed by atoms with Crippen molar-refractivity contribution in [3.63, 3.8) is 0 Å². The molecule has 0 bridgehead atoms. The van der Waals surface area contributed by atoms with E-state index in [-0.39, 0.29) is 31.4 Å². The lowest BCUT2D eigenvalue weighted by atomic mass is 9.93. The van der Waals surface area contributed by atoms with Gasteiger partial charge in [0, 0.05) is 24.2 Å². The average Bonchev–Trinajstić information content (AvgIpc) is 3.08. The maximum atomic E-state index is 13.8. The molecule has 4 N–H and O–H groups in total. The van der Waals surface area contributed by atoms with Gasteiger partial charge in [-0.15, -0.1) is 23.5 Å². The molecule has 4 amide bonds. The Hall–Kier alpha value is -4.07. The van der Waals surface area contributed by atoms with E-state index < -0.39 is 36.4 Å². The quantitative estimate of drug-likeness (QED) is 0.137. The number of aliphatic imine (C=N–C) groups is 2. The predicted octanol–water partition coefficient (Wildman–Crippen LogP) is 5.28. The summed E-state index contributed by atoms with van der Waals surface area (Å²) in [6, 6.07) is 16.5. The molecular formula is C36H50N6O5S2. The first kappa shape index (κ1) is 41.1. The number of hydrogen-bond acceptors (Lipinski definition) is 9. The van der Waals surface area contributed by atoms with Gasteiger partial charge in [-0.2, -0.15) is 0 Å². The summed E-state index contributed by atoms with van der Waals surface area (Å²) < 4.78 is 5.42. The molecule has 13 heteroatoms. The SMILES string of the molecule is C=N/C=C(/COC(=O)N[C@@H](Cc1ccccc1)[C@@H](O)C[C@H](Cc1ccccc1)NC(=O)[C@@H](NC(=O)N(C)C/C(=C/SC)N=C)C(C)C)SC. The van der Waals surface area contributed by atoms with Gasteiger partial charge in [0.1, 0.15) is 12.6 Å². The lowest BCUT2D eigenvalue weighted by Gasteiger charge is -2.30. The Morgan fingerprint density at radius 3 is 2.10 bits per heavy atom. The Bertz CT molecular complexity index is 1410. The van der Waals surface area contributed by atoms with Gasteiger partial charge < -0.3 is 30.7 Å². The van der Waals surface area contributed by atoms with Gasteiger partial charge in [-0.05, 0) is 67.7 Å². The van der Waals surface area contributed by atoms with E-state index in [1.807, 2.05) is 92.4 Å². The third-order valence-corrected chi connectivity index (χ3v) is 8.79. The molecule has 0 radical (unpaired) electrons. The molecule has 2 aromatic carbocycles. The minimum Gasteiger partial charge on any atom is -0.444 e. The number of ether oxygens (including phenoxy) is 1. The first-order valence-electron chi connectivity index (χ1n) is 15.9. The number of aliphatic hydroxyl groups excluding tert-OH is 1. The molecule has 0 saturated heterocycles. The van der Waals surface area contributed by atoms with E-state index in [0.29, 0.717) is 23.4 Å². The molecule has 2 aromatic rings. The predicted molar refractivity (Wildman–Crippen MR) is 203 cm³/mol. The molecule has 49 heavy (non-hydrogen) atoms. The second-order valence-corrected chi connectivity index (χ2v) is 13.4. The Labute approximate surface area is 299 Å². The van der Waals surface area contributed by atoms with Crippen molar-refractivity contribution in [1.29, 1.82) is 0 Å². The maximum Gasteiger partial charge on any atom is 0.407 e. The molecule has 11 nitrogen and oxygen atoms in total. The maximum absolute atomic E-state index is 13.8. The third-order valence-electron chi connectivity index (χ3n) is 7.54. The summed E-state index contributed by atoms with van der Waals surface area (Å²) in [5.41, 5.74) is 2.49. The van der Waals surface area contributed by atoms with E-state index >= 15 is 0 Å². The highest BCUT2D eigenvalue weighted by Crippen LogP contribution is 2.16. The first-order chi connectivity index (χ1) is 23.5. The Morgan fingerprint density at radius 2 is 1.57 bits per heavy atom. The number of thioether (sulfide) groups is 2. The number of benzene rings is 2. The second kappa shape index (κ2) is 22.5. The first-order valence-corrected chi connectivity index (χ1v) is 18.4. The molecule has 0 aliphatic heterocycles. The van der Waals surface area contributed by atoms with Crippen LogP contribution >= 0.6 is 23.5 Å². The fraction of sp³-hybridized carbons (Fsp3) is 0.417. The number of amides is 4. The summed E-state index contributed by atoms with van der Waals surface area (Å²) in [6.45, 7) is 10.9. The van der Waals surface area contributed by atoms with Crippen LogP contribution in [0.15, 0.2) is 92.9 Å². The summed E-state index contributed by atoms with van der Waals surface area (Å²) in [4.78, 5) is 49.7. The molecule has 0 aromatic heterocycles. The summed E-state index contributed by atoms with van der Waals surface area (Å²) in [5, 5.41) is 22.2. The number of alkyl carbamates (subject to hydrolysis) is 1. The Kier molecular flexibility index (Phi) is 18.9. The number of rotatable bonds is 20. The zero-order chi connectivity index (χ0) is 36.2. The van der Waals surface area contributed by atoms with Crippen LogP contribution in [0.1, 0.15) is 31.4 Å². The van der Waals surface area contributed by atoms with Crippen molar-refractivity contribution >= 4 is 55.0 Å². The number of carbonyl (C=O) groups excluding carboxylic acids is 3. The topological polar surface area (TPSA) is 145 Å². The van der Waals surface area contributed by atoms with Crippen LogP contribution in [0.2, 0.25) is 0 Å². The highest BCUT2D eigenvalue weighted by Gasteiger charge is 2.31. The van der Waals surface area contributed by atoms with E-state index in [1.165, 1.54) is 34.6 Å². The zero-order valence-corrected chi connectivity index (χ0v) is 30.6. The van der Waals surface area contributed by atoms with Gasteiger partial charge >= 0.3 is 12.1 Å². The largest absolute Gasteiger partial charge is 0.444 e. The van der Waals surface area contributed by atoms with E-state index in [9.17, 15) is 19.5 Å². The number of aliphatic hydroxyl groups is 1. The molecule has 0 aliphatic carbocycles. The number of nitrogens with one attached hydrogen (secondary N) is 3. The summed E-state index contributed by atoms with van der Waals surface area (Å²) in [7, 11) is 1.62. The van der Waals surface area contributed by atoms with Gasteiger partial charge in [0.15, 0.2) is 0 Å². The smallest absolute Gasteiger partial charge is 0.407 e. The second-order valence-electron chi connectivity index (χ2n) is 11.7. The number of likely N-dealkylation sites (N-methyl/N-ethyl adjacent to an activating group) is 1. The fourth-order valence-electron chi connectivity index (χ4n) is 4.92. The molecule has 4 atom stereocenters. The minimum absolute atomic E-state index is 0.00360. The van der Waals surface area contributed by atoms with Crippen molar-refractivity contribution in [2.24, 2.45) is 15.9 Å². The van der Waals surface area contributed by atoms with Gasteiger partial charge in [0.2, 0.25) is 5.91 Å². The summed E-state index contributed by atoms with van der Waals surface area (Å²) in [6.07, 6.45) is 4.34. The van der Waals surface area contributed by atoms with Crippen LogP contribution in [-0.4, -0.2) is 98.4 Å². The lowest BCUT2D eigenvalue weighted by Crippen LogP contribution is -2.56. The van der Waals surface area contributed by atoms with E-state index in [2.05, 4.69) is 39.4 Å². The highest BCUT2D eigenvalue weighted by molar-refractivity contribution is 8.02. The summed E-state index contributed by atoms with van der Waals surface area (Å²) in [5.74, 6) is -0.622. The van der Waals surface area contributed by atoms with Crippen molar-refractivity contribution in [1.82, 2.24) is 20.9 Å². The molecule has 0 heterocycles. The van der Waals surface area contributed by atoms with E-state index in [0.717, 1.165) is 11.1 Å². The van der Waals surface area contributed by atoms with Crippen LogP contribution in [0, 0.1) is 5.92 Å². The van der Waals surface area contributed by atoms with Crippen LogP contribution in [0.5, 0.6) is 0 Å². The van der Waals surface area contributed by atoms with Crippen LogP contribution in [0.4, 0.5) is 9.59 Å². The number of carbonyl (C=O) groups is 3. The summed E-state index contributed by atoms with van der Waals surface area (Å²) >= 11 is 2.85. The Balaban J connectivity index is 2.28. The number of hydrogen-bond donors (Lipinski definition) is 4. The molecule has 0 saturated carbocycles. The van der Waals surface area contributed by atoms with Crippen molar-refractivity contribution in [2.75, 3.05) is 32.7 Å². The molecule has 2 rings (SSSR count). The van der Waals surface area contributed by atoms with Crippen LogP contribution in [-0.2, 0) is 22.4 Å². The highest BCUT2D eigenvalue weighted by atomic mass is 32.2. The monoisotopic (exact) mass is 710 g/mol. The van der Waals surface area contributed by atoms with Crippen LogP contribution < -0.4 is 16.0 Å². The van der Waals surface area contributed by atoms with Crippen molar-refractivity contribution in [3.8, 4) is 0 Å². The molecule has 266 valence electrons. The van der Waals surface area contributed by atoms with Crippen LogP contribution in [0.25, 0.3) is 0 Å². The molecule has 0 unspecified atom stereocenters. The number of urea groups is 1. The average molecular weight is 711 g/mol. The Morgan fingerprint density at radius 1 is 0.959 bits per heavy atom. The molecular weight excluding hydrogens is 661 g/mol. The van der Waals surface area contributed by atoms with Gasteiger partial charge in [0.25, 0.3) is 0 Å². The zero-order valence-electron chi connectivity index (χ0n) is 29.0. The van der Waals surface area contributed by atoms with Gasteiger partial charge in [0.05, 0.1) is 24.4 Å². The third kappa shape index (κ3) is 15.4. The van der Waals surface area contributed by atoms with Gasteiger partial charge in [-0.25, -0.2) is 9.59 Å². The van der Waals surface area contributed by atoms with E-state index in [4.69, 9.17) is 4.74 Å². The molecule has 0 fully saturated rings. The minimum atomic E-state index is -1.07. The molecule has 0 aliphatic rings. The number of nitrogens with zero attached hydrogens (tertiary/aromatic N) is 3. The van der Waals surface area contributed by atoms with Gasteiger partial charge in [-0.3, -0.25) is 14.8 Å². The fourth-order valence-corrected chi connectivity index (χ4v) is 5.70.